The molecule has 0 bridgehead atoms. The Bertz CT molecular complexity index is 746. The molecule has 0 amide bonds. The molecule has 0 radical (unpaired) electrons. The van der Waals surface area contributed by atoms with Gasteiger partial charge < -0.3 is 5.73 Å². The number of hydrogen-bond acceptors (Lipinski definition) is 3. The minimum atomic E-state index is -4.07. The lowest BCUT2D eigenvalue weighted by Gasteiger charge is -2.10. The molecule has 2 rings (SSSR count). The van der Waals surface area contributed by atoms with Gasteiger partial charge in [-0.2, -0.15) is 0 Å². The number of nitrogens with one attached hydrogen (secondary N) is 1. The first kappa shape index (κ1) is 14.5. The van der Waals surface area contributed by atoms with Gasteiger partial charge in [0.05, 0.1) is 15.6 Å². The third kappa shape index (κ3) is 3.17. The van der Waals surface area contributed by atoms with Crippen molar-refractivity contribution in [1.82, 2.24) is 0 Å². The molecule has 3 N–H and O–H groups in total. The van der Waals surface area contributed by atoms with Gasteiger partial charge in [-0.1, -0.05) is 11.6 Å². The lowest BCUT2D eigenvalue weighted by Crippen LogP contribution is -2.14. The van der Waals surface area contributed by atoms with Crippen LogP contribution in [0, 0.1) is 11.6 Å². The maximum atomic E-state index is 13.2. The van der Waals surface area contributed by atoms with E-state index in [4.69, 9.17) is 17.3 Å². The van der Waals surface area contributed by atoms with Gasteiger partial charge in [0.15, 0.2) is 0 Å². The normalized spacial score (nSPS) is 11.3. The van der Waals surface area contributed by atoms with Crippen molar-refractivity contribution in [2.75, 3.05) is 10.5 Å². The van der Waals surface area contributed by atoms with Gasteiger partial charge in [-0.05, 0) is 36.4 Å². The van der Waals surface area contributed by atoms with Crippen molar-refractivity contribution >= 4 is 33.0 Å². The third-order valence-electron chi connectivity index (χ3n) is 2.38. The smallest absolute Gasteiger partial charge is 0.262 e. The number of sulfonamides is 1. The molecule has 0 unspecified atom stereocenters. The lowest BCUT2D eigenvalue weighted by molar-refractivity contribution is 0.595. The summed E-state index contributed by atoms with van der Waals surface area (Å²) in [4.78, 5) is -0.351. The molecule has 0 heterocycles. The van der Waals surface area contributed by atoms with Crippen molar-refractivity contribution in [1.29, 1.82) is 0 Å². The zero-order chi connectivity index (χ0) is 14.9. The average Bonchev–Trinajstić information content (AvgIpc) is 2.31. The van der Waals surface area contributed by atoms with E-state index in [1.54, 1.807) is 0 Å². The SMILES string of the molecule is Nc1cc(F)cc(S(=O)(=O)Nc2ccc(F)cc2Cl)c1. The van der Waals surface area contributed by atoms with Gasteiger partial charge in [0, 0.05) is 5.69 Å². The summed E-state index contributed by atoms with van der Waals surface area (Å²) in [5.74, 6) is -1.39. The molecule has 20 heavy (non-hydrogen) atoms. The number of halogens is 3. The van der Waals surface area contributed by atoms with E-state index in [0.29, 0.717) is 0 Å². The molecule has 0 saturated heterocycles. The summed E-state index contributed by atoms with van der Waals surface area (Å²) >= 11 is 5.72. The first-order chi connectivity index (χ1) is 9.28. The van der Waals surface area contributed by atoms with Crippen molar-refractivity contribution in [2.45, 2.75) is 4.90 Å². The van der Waals surface area contributed by atoms with E-state index in [9.17, 15) is 17.2 Å². The van der Waals surface area contributed by atoms with E-state index in [1.807, 2.05) is 0 Å². The molecule has 0 aliphatic heterocycles. The standard InChI is InChI=1S/C12H9ClF2N2O2S/c13-11-5-7(14)1-2-12(11)17-20(18,19)10-4-8(15)3-9(16)6-10/h1-6,17H,16H2. The largest absolute Gasteiger partial charge is 0.399 e. The zero-order valence-corrected chi connectivity index (χ0v) is 11.5. The maximum absolute atomic E-state index is 13.2. The summed E-state index contributed by atoms with van der Waals surface area (Å²) in [6, 6.07) is 6.07. The van der Waals surface area contributed by atoms with E-state index in [2.05, 4.69) is 4.72 Å². The Kier molecular flexibility index (Phi) is 3.82. The van der Waals surface area contributed by atoms with Crippen LogP contribution in [0.4, 0.5) is 20.2 Å². The van der Waals surface area contributed by atoms with E-state index in [1.165, 1.54) is 0 Å². The van der Waals surface area contributed by atoms with E-state index in [-0.39, 0.29) is 21.3 Å². The van der Waals surface area contributed by atoms with Crippen LogP contribution in [-0.4, -0.2) is 8.42 Å². The highest BCUT2D eigenvalue weighted by Crippen LogP contribution is 2.26. The van der Waals surface area contributed by atoms with E-state index < -0.39 is 21.7 Å². The van der Waals surface area contributed by atoms with Crippen molar-refractivity contribution in [2.24, 2.45) is 0 Å². The average molecular weight is 319 g/mol. The summed E-state index contributed by atoms with van der Waals surface area (Å²) < 4.78 is 52.3. The number of hydrogen-bond donors (Lipinski definition) is 2. The van der Waals surface area contributed by atoms with Crippen LogP contribution in [0.1, 0.15) is 0 Å². The van der Waals surface area contributed by atoms with E-state index >= 15 is 0 Å². The van der Waals surface area contributed by atoms with Crippen LogP contribution >= 0.6 is 11.6 Å². The Morgan fingerprint density at radius 2 is 1.75 bits per heavy atom. The van der Waals surface area contributed by atoms with Gasteiger partial charge in [-0.15, -0.1) is 0 Å². The summed E-state index contributed by atoms with van der Waals surface area (Å²) in [6.07, 6.45) is 0. The van der Waals surface area contributed by atoms with Crippen LogP contribution in [0.3, 0.4) is 0 Å². The third-order valence-corrected chi connectivity index (χ3v) is 4.04. The van der Waals surface area contributed by atoms with Crippen LogP contribution < -0.4 is 10.5 Å². The maximum Gasteiger partial charge on any atom is 0.262 e. The van der Waals surface area contributed by atoms with Crippen LogP contribution in [0.15, 0.2) is 41.3 Å². The lowest BCUT2D eigenvalue weighted by atomic mass is 10.3. The number of benzene rings is 2. The Balaban J connectivity index is 2.40. The number of nitrogens with two attached hydrogens (primary N) is 1. The summed E-state index contributed by atoms with van der Waals surface area (Å²) in [5, 5.41) is -0.113. The Morgan fingerprint density at radius 3 is 2.35 bits per heavy atom. The highest BCUT2D eigenvalue weighted by Gasteiger charge is 2.17. The number of rotatable bonds is 3. The molecule has 0 aliphatic carbocycles. The molecule has 0 saturated carbocycles. The van der Waals surface area contributed by atoms with Crippen molar-refractivity contribution in [3.8, 4) is 0 Å². The Labute approximate surface area is 119 Å². The fourth-order valence-electron chi connectivity index (χ4n) is 1.52. The second-order valence-electron chi connectivity index (χ2n) is 3.95. The van der Waals surface area contributed by atoms with Gasteiger partial charge in [0.1, 0.15) is 11.6 Å². The van der Waals surface area contributed by atoms with Crippen LogP contribution in [0.2, 0.25) is 5.02 Å². The van der Waals surface area contributed by atoms with Crippen LogP contribution in [-0.2, 0) is 10.0 Å². The Morgan fingerprint density at radius 1 is 1.05 bits per heavy atom. The second-order valence-corrected chi connectivity index (χ2v) is 6.04. The molecule has 2 aromatic carbocycles. The molecule has 0 atom stereocenters. The summed E-state index contributed by atoms with van der Waals surface area (Å²) in [7, 11) is -4.07. The topological polar surface area (TPSA) is 72.2 Å². The fourth-order valence-corrected chi connectivity index (χ4v) is 2.93. The monoisotopic (exact) mass is 318 g/mol. The first-order valence-corrected chi connectivity index (χ1v) is 7.18. The second kappa shape index (κ2) is 5.26. The summed E-state index contributed by atoms with van der Waals surface area (Å²) in [6.45, 7) is 0. The predicted molar refractivity (Wildman–Crippen MR) is 73.0 cm³/mol. The molecule has 0 aliphatic rings. The molecule has 2 aromatic rings. The zero-order valence-electron chi connectivity index (χ0n) is 9.90. The fraction of sp³-hybridized carbons (Fsp3) is 0. The number of anilines is 2. The van der Waals surface area contributed by atoms with Crippen molar-refractivity contribution in [3.05, 3.63) is 53.1 Å². The molecule has 0 spiro atoms. The molecular formula is C12H9ClF2N2O2S. The van der Waals surface area contributed by atoms with Crippen LogP contribution in [0.25, 0.3) is 0 Å². The predicted octanol–water partition coefficient (Wildman–Crippen LogP) is 3.00. The first-order valence-electron chi connectivity index (χ1n) is 5.32. The molecule has 0 fully saturated rings. The molecule has 106 valence electrons. The minimum absolute atomic E-state index is 0.0177. The van der Waals surface area contributed by atoms with Gasteiger partial charge in [-0.25, -0.2) is 17.2 Å². The molecule has 8 heteroatoms. The molecule has 4 nitrogen and oxygen atoms in total. The number of nitrogen functional groups attached to an aromatic ring is 1. The minimum Gasteiger partial charge on any atom is -0.399 e. The van der Waals surface area contributed by atoms with Gasteiger partial charge >= 0.3 is 0 Å². The highest BCUT2D eigenvalue weighted by molar-refractivity contribution is 7.92. The van der Waals surface area contributed by atoms with E-state index in [0.717, 1.165) is 36.4 Å². The molecular weight excluding hydrogens is 310 g/mol. The molecule has 0 aromatic heterocycles. The van der Waals surface area contributed by atoms with Gasteiger partial charge in [-0.3, -0.25) is 4.72 Å². The van der Waals surface area contributed by atoms with Gasteiger partial charge in [0.25, 0.3) is 10.0 Å². The van der Waals surface area contributed by atoms with Gasteiger partial charge in [0.2, 0.25) is 0 Å². The van der Waals surface area contributed by atoms with Crippen molar-refractivity contribution < 1.29 is 17.2 Å². The van der Waals surface area contributed by atoms with Crippen LogP contribution in [0.5, 0.6) is 0 Å². The summed E-state index contributed by atoms with van der Waals surface area (Å²) in [5.41, 5.74) is 5.34. The quantitative estimate of drug-likeness (QED) is 0.854. The Hall–Kier alpha value is -1.86. The highest BCUT2D eigenvalue weighted by atomic mass is 35.5. The van der Waals surface area contributed by atoms with Crippen molar-refractivity contribution in [3.63, 3.8) is 0 Å².